The topological polar surface area (TPSA) is 64.9 Å². The molecule has 0 amide bonds. The van der Waals surface area contributed by atoms with Crippen molar-refractivity contribution in [1.29, 1.82) is 0 Å². The molecule has 0 saturated heterocycles. The Bertz CT molecular complexity index is 304. The summed E-state index contributed by atoms with van der Waals surface area (Å²) in [7, 11) is 0. The van der Waals surface area contributed by atoms with Gasteiger partial charge in [0.1, 0.15) is 0 Å². The maximum atomic E-state index is 5.93. The lowest BCUT2D eigenvalue weighted by molar-refractivity contribution is 0.350. The lowest BCUT2D eigenvalue weighted by Gasteiger charge is -2.03. The molecule has 0 radical (unpaired) electrons. The highest BCUT2D eigenvalue weighted by Crippen LogP contribution is 2.18. The van der Waals surface area contributed by atoms with Crippen molar-refractivity contribution < 1.29 is 4.52 Å². The predicted molar refractivity (Wildman–Crippen MR) is 70.7 cm³/mol. The van der Waals surface area contributed by atoms with E-state index in [1.807, 2.05) is 0 Å². The summed E-state index contributed by atoms with van der Waals surface area (Å²) in [6.07, 6.45) is 2.94. The third-order valence-corrected chi connectivity index (χ3v) is 3.72. The first-order valence-corrected chi connectivity index (χ1v) is 7.76. The van der Waals surface area contributed by atoms with Crippen LogP contribution in [0.2, 0.25) is 0 Å². The van der Waals surface area contributed by atoms with Gasteiger partial charge in [-0.2, -0.15) is 28.5 Å². The first-order valence-electron chi connectivity index (χ1n) is 5.32. The van der Waals surface area contributed by atoms with Crippen molar-refractivity contribution in [2.24, 2.45) is 5.73 Å². The minimum absolute atomic E-state index is 0.127. The summed E-state index contributed by atoms with van der Waals surface area (Å²) in [6, 6.07) is -0.127. The van der Waals surface area contributed by atoms with E-state index in [0.29, 0.717) is 11.1 Å². The summed E-state index contributed by atoms with van der Waals surface area (Å²) in [5.41, 5.74) is 5.93. The van der Waals surface area contributed by atoms with Crippen molar-refractivity contribution in [3.8, 4) is 0 Å². The quantitative estimate of drug-likeness (QED) is 0.813. The van der Waals surface area contributed by atoms with Gasteiger partial charge in [0.05, 0.1) is 11.8 Å². The molecule has 0 aromatic carbocycles. The van der Waals surface area contributed by atoms with Crippen LogP contribution in [0.1, 0.15) is 38.0 Å². The van der Waals surface area contributed by atoms with Gasteiger partial charge in [0.15, 0.2) is 5.82 Å². The number of hydrogen-bond acceptors (Lipinski definition) is 6. The fourth-order valence-corrected chi connectivity index (χ4v) is 2.18. The number of hydrogen-bond donors (Lipinski definition) is 1. The van der Waals surface area contributed by atoms with E-state index in [4.69, 9.17) is 10.3 Å². The lowest BCUT2D eigenvalue weighted by atomic mass is 10.2. The van der Waals surface area contributed by atoms with E-state index in [9.17, 15) is 0 Å². The van der Waals surface area contributed by atoms with Crippen LogP contribution in [0.4, 0.5) is 0 Å². The molecule has 1 heterocycles. The van der Waals surface area contributed by atoms with Crippen molar-refractivity contribution in [2.45, 2.75) is 37.3 Å². The maximum absolute atomic E-state index is 5.93. The van der Waals surface area contributed by atoms with Gasteiger partial charge in [-0.15, -0.1) is 0 Å². The summed E-state index contributed by atoms with van der Waals surface area (Å²) in [5.74, 6) is 3.11. The Morgan fingerprint density at radius 1 is 1.44 bits per heavy atom. The zero-order valence-electron chi connectivity index (χ0n) is 9.97. The summed E-state index contributed by atoms with van der Waals surface area (Å²) in [4.78, 5) is 4.30. The maximum Gasteiger partial charge on any atom is 0.243 e. The third-order valence-electron chi connectivity index (χ3n) is 1.98. The van der Waals surface area contributed by atoms with Gasteiger partial charge in [0.25, 0.3) is 0 Å². The summed E-state index contributed by atoms with van der Waals surface area (Å²) in [6.45, 7) is 4.30. The molecule has 6 heteroatoms. The monoisotopic (exact) mass is 261 g/mol. The number of nitrogens with zero attached hydrogens (tertiary/aromatic N) is 2. The fraction of sp³-hybridized carbons (Fsp3) is 0.800. The highest BCUT2D eigenvalue weighted by Gasteiger charge is 2.14. The van der Waals surface area contributed by atoms with Gasteiger partial charge in [-0.3, -0.25) is 0 Å². The Balaban J connectivity index is 2.43. The van der Waals surface area contributed by atoms with Crippen LogP contribution in [0.25, 0.3) is 0 Å². The molecule has 1 aromatic heterocycles. The molecule has 0 aliphatic rings. The lowest BCUT2D eigenvalue weighted by Crippen LogP contribution is -2.11. The zero-order valence-corrected chi connectivity index (χ0v) is 11.6. The Labute approximate surface area is 105 Å². The first kappa shape index (κ1) is 13.9. The minimum atomic E-state index is -0.127. The number of rotatable bonds is 7. The largest absolute Gasteiger partial charge is 0.338 e. The molecule has 4 nitrogen and oxygen atoms in total. The van der Waals surface area contributed by atoms with Crippen LogP contribution in [0.3, 0.4) is 0 Å². The Morgan fingerprint density at radius 2 is 2.19 bits per heavy atom. The molecule has 0 spiro atoms. The molecule has 16 heavy (non-hydrogen) atoms. The van der Waals surface area contributed by atoms with E-state index < -0.39 is 0 Å². The Kier molecular flexibility index (Phi) is 6.23. The van der Waals surface area contributed by atoms with Gasteiger partial charge >= 0.3 is 0 Å². The first-order chi connectivity index (χ1) is 7.63. The van der Waals surface area contributed by atoms with Gasteiger partial charge in [-0.25, -0.2) is 0 Å². The average molecular weight is 261 g/mol. The average Bonchev–Trinajstić information content (AvgIpc) is 2.71. The highest BCUT2D eigenvalue weighted by molar-refractivity contribution is 7.99. The molecule has 1 aromatic rings. The zero-order chi connectivity index (χ0) is 12.0. The highest BCUT2D eigenvalue weighted by atomic mass is 32.2. The van der Waals surface area contributed by atoms with Gasteiger partial charge in [-0.05, 0) is 23.7 Å². The summed E-state index contributed by atoms with van der Waals surface area (Å²) in [5, 5.41) is 4.50. The van der Waals surface area contributed by atoms with Crippen molar-refractivity contribution >= 4 is 23.5 Å². The second-order valence-electron chi connectivity index (χ2n) is 3.80. The van der Waals surface area contributed by atoms with Gasteiger partial charge in [-0.1, -0.05) is 19.0 Å². The Morgan fingerprint density at radius 3 is 2.81 bits per heavy atom. The van der Waals surface area contributed by atoms with Crippen LogP contribution in [0.5, 0.6) is 0 Å². The Hall–Kier alpha value is -0.200. The molecular weight excluding hydrogens is 242 g/mol. The van der Waals surface area contributed by atoms with Gasteiger partial charge in [0.2, 0.25) is 5.89 Å². The molecule has 0 aliphatic heterocycles. The van der Waals surface area contributed by atoms with Crippen molar-refractivity contribution in [3.05, 3.63) is 11.7 Å². The summed E-state index contributed by atoms with van der Waals surface area (Å²) >= 11 is 3.57. The van der Waals surface area contributed by atoms with Crippen LogP contribution in [-0.2, 0) is 5.75 Å². The van der Waals surface area contributed by atoms with Gasteiger partial charge < -0.3 is 10.3 Å². The fourth-order valence-electron chi connectivity index (χ4n) is 1.09. The van der Waals surface area contributed by atoms with Crippen molar-refractivity contribution in [2.75, 3.05) is 12.0 Å². The van der Waals surface area contributed by atoms with E-state index in [2.05, 4.69) is 30.2 Å². The standard InChI is InChI=1S/C10H19N3OS2/c1-7(2)16-6-9-12-10(14-13-9)8(11)4-5-15-3/h7-8H,4-6,11H2,1-3H3/t8-/m0/s1. The normalized spacial score (nSPS) is 13.3. The number of aromatic nitrogens is 2. The molecule has 0 aliphatic carbocycles. The predicted octanol–water partition coefficient (Wildman–Crippen LogP) is 2.46. The molecule has 1 atom stereocenters. The molecule has 0 bridgehead atoms. The van der Waals surface area contributed by atoms with Crippen molar-refractivity contribution in [1.82, 2.24) is 10.1 Å². The van der Waals surface area contributed by atoms with Crippen molar-refractivity contribution in [3.63, 3.8) is 0 Å². The van der Waals surface area contributed by atoms with Crippen LogP contribution in [-0.4, -0.2) is 27.4 Å². The molecule has 0 unspecified atom stereocenters. The van der Waals surface area contributed by atoms with E-state index in [1.54, 1.807) is 23.5 Å². The van der Waals surface area contributed by atoms with E-state index >= 15 is 0 Å². The van der Waals surface area contributed by atoms with Crippen LogP contribution < -0.4 is 5.73 Å². The molecule has 1 rings (SSSR count). The van der Waals surface area contributed by atoms with Gasteiger partial charge in [0, 0.05) is 0 Å². The van der Waals surface area contributed by atoms with Crippen LogP contribution >= 0.6 is 23.5 Å². The van der Waals surface area contributed by atoms with Crippen LogP contribution in [0.15, 0.2) is 4.52 Å². The van der Waals surface area contributed by atoms with E-state index in [1.165, 1.54) is 0 Å². The molecule has 92 valence electrons. The third kappa shape index (κ3) is 4.76. The summed E-state index contributed by atoms with van der Waals surface area (Å²) < 4.78 is 5.15. The second kappa shape index (κ2) is 7.19. The minimum Gasteiger partial charge on any atom is -0.338 e. The molecule has 0 saturated carbocycles. The van der Waals surface area contributed by atoms with Crippen LogP contribution in [0, 0.1) is 0 Å². The molecule has 0 fully saturated rings. The number of thioether (sulfide) groups is 2. The van der Waals surface area contributed by atoms with E-state index in [0.717, 1.165) is 23.8 Å². The SMILES string of the molecule is CSCC[C@H](N)c1nc(CSC(C)C)no1. The molecule has 2 N–H and O–H groups in total. The smallest absolute Gasteiger partial charge is 0.243 e. The number of nitrogens with two attached hydrogens (primary N) is 1. The second-order valence-corrected chi connectivity index (χ2v) is 6.35. The molecular formula is C10H19N3OS2. The van der Waals surface area contributed by atoms with E-state index in [-0.39, 0.29) is 6.04 Å².